The van der Waals surface area contributed by atoms with Crippen LogP contribution in [-0.4, -0.2) is 13.1 Å². The molecule has 1 saturated heterocycles. The molecular weight excluding hydrogens is 222 g/mol. The molecule has 3 heteroatoms. The first-order valence-corrected chi connectivity index (χ1v) is 5.99. The zero-order chi connectivity index (χ0) is 13.1. The Kier molecular flexibility index (Phi) is 3.35. The third kappa shape index (κ3) is 2.36. The molecule has 0 unspecified atom stereocenters. The molecule has 0 atom stereocenters. The van der Waals surface area contributed by atoms with Crippen LogP contribution in [0, 0.1) is 36.5 Å². The van der Waals surface area contributed by atoms with Crippen molar-refractivity contribution in [1.29, 1.82) is 10.5 Å². The first kappa shape index (κ1) is 12.2. The Labute approximate surface area is 108 Å². The SMILES string of the molecule is Cc1cc(C)cc(N2CCC(=C(C#N)C#N)C2)c1. The third-order valence-corrected chi connectivity index (χ3v) is 3.21. The average molecular weight is 237 g/mol. The summed E-state index contributed by atoms with van der Waals surface area (Å²) >= 11 is 0. The molecule has 0 aromatic heterocycles. The van der Waals surface area contributed by atoms with Crippen molar-refractivity contribution in [2.75, 3.05) is 18.0 Å². The number of hydrogen-bond donors (Lipinski definition) is 0. The van der Waals surface area contributed by atoms with Crippen LogP contribution in [0.5, 0.6) is 0 Å². The molecule has 1 aliphatic rings. The van der Waals surface area contributed by atoms with Crippen molar-refractivity contribution in [3.8, 4) is 12.1 Å². The van der Waals surface area contributed by atoms with E-state index in [0.717, 1.165) is 18.5 Å². The largest absolute Gasteiger partial charge is 0.367 e. The lowest BCUT2D eigenvalue weighted by atomic mass is 10.1. The summed E-state index contributed by atoms with van der Waals surface area (Å²) in [4.78, 5) is 2.23. The quantitative estimate of drug-likeness (QED) is 0.706. The number of nitriles is 2. The Hall–Kier alpha value is -2.26. The molecule has 1 aromatic carbocycles. The molecule has 3 nitrogen and oxygen atoms in total. The predicted molar refractivity (Wildman–Crippen MR) is 71.0 cm³/mol. The zero-order valence-electron chi connectivity index (χ0n) is 10.7. The molecule has 1 heterocycles. The molecule has 0 bridgehead atoms. The monoisotopic (exact) mass is 237 g/mol. The lowest BCUT2D eigenvalue weighted by Gasteiger charge is -2.18. The number of aryl methyl sites for hydroxylation is 2. The van der Waals surface area contributed by atoms with Gasteiger partial charge in [0.2, 0.25) is 0 Å². The minimum absolute atomic E-state index is 0.280. The van der Waals surface area contributed by atoms with Crippen LogP contribution in [0.3, 0.4) is 0 Å². The van der Waals surface area contributed by atoms with Crippen molar-refractivity contribution in [1.82, 2.24) is 0 Å². The van der Waals surface area contributed by atoms with Crippen molar-refractivity contribution < 1.29 is 0 Å². The number of nitrogens with zero attached hydrogens (tertiary/aromatic N) is 3. The second kappa shape index (κ2) is 4.94. The fourth-order valence-electron chi connectivity index (χ4n) is 2.40. The van der Waals surface area contributed by atoms with Crippen molar-refractivity contribution in [3.05, 3.63) is 40.5 Å². The third-order valence-electron chi connectivity index (χ3n) is 3.21. The molecule has 18 heavy (non-hydrogen) atoms. The highest BCUT2D eigenvalue weighted by molar-refractivity contribution is 5.55. The number of anilines is 1. The van der Waals surface area contributed by atoms with Crippen molar-refractivity contribution in [3.63, 3.8) is 0 Å². The van der Waals surface area contributed by atoms with E-state index in [4.69, 9.17) is 10.5 Å². The number of allylic oxidation sites excluding steroid dienone is 1. The maximum atomic E-state index is 8.88. The molecule has 2 rings (SSSR count). The summed E-state index contributed by atoms with van der Waals surface area (Å²) in [5, 5.41) is 17.8. The second-order valence-corrected chi connectivity index (χ2v) is 4.72. The van der Waals surface area contributed by atoms with Crippen LogP contribution in [0.1, 0.15) is 17.5 Å². The Morgan fingerprint density at radius 2 is 1.72 bits per heavy atom. The molecule has 0 N–H and O–H groups in total. The Morgan fingerprint density at radius 1 is 1.11 bits per heavy atom. The molecule has 1 aromatic rings. The summed E-state index contributed by atoms with van der Waals surface area (Å²) in [5.41, 5.74) is 4.89. The predicted octanol–water partition coefficient (Wildman–Crippen LogP) is 2.86. The molecule has 90 valence electrons. The zero-order valence-corrected chi connectivity index (χ0v) is 10.7. The fourth-order valence-corrected chi connectivity index (χ4v) is 2.40. The van der Waals surface area contributed by atoms with E-state index in [2.05, 4.69) is 36.9 Å². The number of hydrogen-bond acceptors (Lipinski definition) is 3. The van der Waals surface area contributed by atoms with E-state index in [9.17, 15) is 0 Å². The van der Waals surface area contributed by atoms with Gasteiger partial charge in [-0.15, -0.1) is 0 Å². The van der Waals surface area contributed by atoms with Gasteiger partial charge in [0.05, 0.1) is 0 Å². The summed E-state index contributed by atoms with van der Waals surface area (Å²) in [5.74, 6) is 0. The van der Waals surface area contributed by atoms with Crippen LogP contribution in [0.15, 0.2) is 29.3 Å². The van der Waals surface area contributed by atoms with Crippen LogP contribution < -0.4 is 4.90 Å². The van der Waals surface area contributed by atoms with Gasteiger partial charge < -0.3 is 4.90 Å². The lowest BCUT2D eigenvalue weighted by Crippen LogP contribution is -2.18. The summed E-state index contributed by atoms with van der Waals surface area (Å²) in [6.07, 6.45) is 0.809. The van der Waals surface area contributed by atoms with E-state index in [1.807, 2.05) is 12.1 Å². The van der Waals surface area contributed by atoms with Gasteiger partial charge in [-0.05, 0) is 49.1 Å². The maximum Gasteiger partial charge on any atom is 0.130 e. The molecule has 0 saturated carbocycles. The number of rotatable bonds is 1. The first-order chi connectivity index (χ1) is 8.63. The fraction of sp³-hybridized carbons (Fsp3) is 0.333. The van der Waals surface area contributed by atoms with E-state index in [-0.39, 0.29) is 5.57 Å². The lowest BCUT2D eigenvalue weighted by molar-refractivity contribution is 0.965. The summed E-state index contributed by atoms with van der Waals surface area (Å²) in [6.45, 7) is 5.74. The van der Waals surface area contributed by atoms with Gasteiger partial charge in [-0.1, -0.05) is 6.07 Å². The molecule has 1 aliphatic heterocycles. The van der Waals surface area contributed by atoms with E-state index in [0.29, 0.717) is 6.54 Å². The van der Waals surface area contributed by atoms with Crippen LogP contribution in [0.25, 0.3) is 0 Å². The highest BCUT2D eigenvalue weighted by Gasteiger charge is 2.20. The molecular formula is C15H15N3. The van der Waals surface area contributed by atoms with Gasteiger partial charge in [0.25, 0.3) is 0 Å². The van der Waals surface area contributed by atoms with Gasteiger partial charge in [0.1, 0.15) is 17.7 Å². The van der Waals surface area contributed by atoms with Crippen molar-refractivity contribution in [2.45, 2.75) is 20.3 Å². The van der Waals surface area contributed by atoms with E-state index < -0.39 is 0 Å². The van der Waals surface area contributed by atoms with Crippen LogP contribution in [-0.2, 0) is 0 Å². The molecule has 0 spiro atoms. The van der Waals surface area contributed by atoms with Crippen LogP contribution >= 0.6 is 0 Å². The maximum absolute atomic E-state index is 8.88. The van der Waals surface area contributed by atoms with E-state index >= 15 is 0 Å². The van der Waals surface area contributed by atoms with E-state index in [1.54, 1.807) is 0 Å². The average Bonchev–Trinajstić information content (AvgIpc) is 2.79. The van der Waals surface area contributed by atoms with Crippen LogP contribution in [0.4, 0.5) is 5.69 Å². The molecule has 1 fully saturated rings. The normalized spacial score (nSPS) is 14.2. The smallest absolute Gasteiger partial charge is 0.130 e. The van der Waals surface area contributed by atoms with Crippen molar-refractivity contribution >= 4 is 5.69 Å². The Balaban J connectivity index is 2.27. The molecule has 0 aliphatic carbocycles. The van der Waals surface area contributed by atoms with Gasteiger partial charge in [0, 0.05) is 18.8 Å². The minimum Gasteiger partial charge on any atom is -0.367 e. The summed E-state index contributed by atoms with van der Waals surface area (Å²) in [7, 11) is 0. The van der Waals surface area contributed by atoms with Gasteiger partial charge in [-0.2, -0.15) is 10.5 Å². The Bertz CT molecular complexity index is 548. The number of benzene rings is 1. The minimum atomic E-state index is 0.280. The standard InChI is InChI=1S/C15H15N3/c1-11-5-12(2)7-15(6-11)18-4-3-13(10-18)14(8-16)9-17/h5-7H,3-4,10H2,1-2H3. The van der Waals surface area contributed by atoms with E-state index in [1.165, 1.54) is 16.8 Å². The highest BCUT2D eigenvalue weighted by atomic mass is 15.1. The highest BCUT2D eigenvalue weighted by Crippen LogP contribution is 2.26. The van der Waals surface area contributed by atoms with Crippen molar-refractivity contribution in [2.24, 2.45) is 0 Å². The van der Waals surface area contributed by atoms with Gasteiger partial charge in [-0.3, -0.25) is 0 Å². The van der Waals surface area contributed by atoms with Crippen LogP contribution in [0.2, 0.25) is 0 Å². The second-order valence-electron chi connectivity index (χ2n) is 4.72. The molecule has 0 amide bonds. The summed E-state index contributed by atoms with van der Waals surface area (Å²) < 4.78 is 0. The topological polar surface area (TPSA) is 50.8 Å². The Morgan fingerprint density at radius 3 is 2.28 bits per heavy atom. The van der Waals surface area contributed by atoms with Gasteiger partial charge >= 0.3 is 0 Å². The van der Waals surface area contributed by atoms with Gasteiger partial charge in [0.15, 0.2) is 0 Å². The first-order valence-electron chi connectivity index (χ1n) is 5.99. The van der Waals surface area contributed by atoms with Gasteiger partial charge in [-0.25, -0.2) is 0 Å². The summed E-state index contributed by atoms with van der Waals surface area (Å²) in [6, 6.07) is 10.4. The molecule has 0 radical (unpaired) electrons.